The number of hydrogen-bond acceptors (Lipinski definition) is 7. The fourth-order valence-corrected chi connectivity index (χ4v) is 7.38. The Kier molecular flexibility index (Phi) is 13.2. The number of hydrogen-bond donors (Lipinski definition) is 5. The number of phenolic OH excluding ortho intramolecular Hbond substituents is 1. The number of benzene rings is 1. The Hall–Kier alpha value is -3.23. The van der Waals surface area contributed by atoms with E-state index in [4.69, 9.17) is 11.5 Å². The van der Waals surface area contributed by atoms with Crippen LogP contribution >= 0.6 is 31.9 Å². The number of nitrogens with two attached hydrogens (primary N) is 2. The summed E-state index contributed by atoms with van der Waals surface area (Å²) in [5.41, 5.74) is 13.1. The molecule has 0 radical (unpaired) electrons. The zero-order chi connectivity index (χ0) is 33.2. The second-order valence-electron chi connectivity index (χ2n) is 12.0. The molecule has 0 saturated carbocycles. The van der Waals surface area contributed by atoms with E-state index in [1.165, 1.54) is 5.56 Å². The van der Waals surface area contributed by atoms with Crippen LogP contribution in [0.15, 0.2) is 45.6 Å². The van der Waals surface area contributed by atoms with Crippen molar-refractivity contribution in [1.82, 2.24) is 25.4 Å². The maximum absolute atomic E-state index is 13.9. The third-order valence-corrected chi connectivity index (χ3v) is 10.1. The van der Waals surface area contributed by atoms with Gasteiger partial charge in [0, 0.05) is 50.9 Å². The maximum atomic E-state index is 13.9. The molecule has 0 aliphatic carbocycles. The fraction of sp³-hybridized carbons (Fsp3) is 0.531. The number of amides is 5. The minimum absolute atomic E-state index is 0.0179. The number of phenols is 1. The smallest absolute Gasteiger partial charge is 0.318 e. The van der Waals surface area contributed by atoms with Gasteiger partial charge in [-0.15, -0.1) is 0 Å². The number of aromatic hydroxyl groups is 1. The molecule has 3 heterocycles. The monoisotopic (exact) mass is 763 g/mol. The van der Waals surface area contributed by atoms with Gasteiger partial charge >= 0.3 is 6.03 Å². The van der Waals surface area contributed by atoms with Crippen molar-refractivity contribution >= 4 is 55.6 Å². The normalized spacial score (nSPS) is 17.3. The van der Waals surface area contributed by atoms with Crippen LogP contribution in [0.2, 0.25) is 0 Å². The van der Waals surface area contributed by atoms with Crippen molar-refractivity contribution in [3.05, 3.63) is 56.7 Å². The van der Waals surface area contributed by atoms with Gasteiger partial charge in [0.1, 0.15) is 17.8 Å². The van der Waals surface area contributed by atoms with Crippen LogP contribution in [0.25, 0.3) is 0 Å². The quantitative estimate of drug-likeness (QED) is 0.206. The van der Waals surface area contributed by atoms with E-state index >= 15 is 0 Å². The van der Waals surface area contributed by atoms with Gasteiger partial charge in [-0.2, -0.15) is 0 Å². The Morgan fingerprint density at radius 3 is 2.11 bits per heavy atom. The van der Waals surface area contributed by atoms with E-state index in [-0.39, 0.29) is 29.9 Å². The number of carbonyl (C=O) groups excluding carboxylic acids is 4. The summed E-state index contributed by atoms with van der Waals surface area (Å²) in [5, 5.41) is 16.0. The van der Waals surface area contributed by atoms with Crippen molar-refractivity contribution in [2.24, 2.45) is 17.4 Å². The van der Waals surface area contributed by atoms with Crippen molar-refractivity contribution in [3.63, 3.8) is 0 Å². The Balaban J connectivity index is 1.48. The van der Waals surface area contributed by atoms with Crippen LogP contribution in [0.3, 0.4) is 0 Å². The standard InChI is InChI=1S/C32H43Br2N7O5/c33-24-17-20(18-25(34)28(24)42)19-27(39-32(46)41-15-8-23(9-16-41)29(36)43)30(44)38-26(3-1-2-10-35)31(45)40-13-6-22(7-14-40)21-4-11-37-12-5-21/h4-5,11-12,17-18,22-23,26-27,42H,1-3,6-10,13-16,19,35H2,(H2,36,43)(H,38,44)(H,39,46)/t26-,27+/m0/s1. The number of unbranched alkanes of at least 4 members (excludes halogenated alkanes) is 1. The van der Waals surface area contributed by atoms with Gasteiger partial charge in [0.2, 0.25) is 17.7 Å². The number of carbonyl (C=O) groups is 4. The number of urea groups is 1. The molecule has 2 aliphatic heterocycles. The summed E-state index contributed by atoms with van der Waals surface area (Å²) in [6, 6.07) is 5.15. The Bertz CT molecular complexity index is 1340. The molecule has 4 rings (SSSR count). The predicted molar refractivity (Wildman–Crippen MR) is 181 cm³/mol. The van der Waals surface area contributed by atoms with Gasteiger partial charge in [-0.05, 0) is 125 Å². The van der Waals surface area contributed by atoms with Crippen LogP contribution in [0.1, 0.15) is 62.0 Å². The number of nitrogens with zero attached hydrogens (tertiary/aromatic N) is 3. The van der Waals surface area contributed by atoms with Gasteiger partial charge in [0.25, 0.3) is 0 Å². The third kappa shape index (κ3) is 9.64. The number of primary amides is 1. The van der Waals surface area contributed by atoms with E-state index < -0.39 is 24.0 Å². The van der Waals surface area contributed by atoms with Gasteiger partial charge in [-0.1, -0.05) is 0 Å². The molecule has 1 aromatic carbocycles. The van der Waals surface area contributed by atoms with E-state index in [2.05, 4.69) is 47.5 Å². The SMILES string of the molecule is NCCCC[C@H](NC(=O)[C@@H](Cc1cc(Br)c(O)c(Br)c1)NC(=O)N1CCC(C(N)=O)CC1)C(=O)N1CCC(c2ccncc2)CC1. The Labute approximate surface area is 286 Å². The summed E-state index contributed by atoms with van der Waals surface area (Å²) < 4.78 is 0.863. The van der Waals surface area contributed by atoms with Crippen LogP contribution < -0.4 is 22.1 Å². The highest BCUT2D eigenvalue weighted by molar-refractivity contribution is 9.11. The van der Waals surface area contributed by atoms with E-state index in [9.17, 15) is 24.3 Å². The number of aromatic nitrogens is 1. The highest BCUT2D eigenvalue weighted by Gasteiger charge is 2.33. The Morgan fingerprint density at radius 1 is 0.913 bits per heavy atom. The highest BCUT2D eigenvalue weighted by atomic mass is 79.9. The second kappa shape index (κ2) is 17.1. The van der Waals surface area contributed by atoms with Crippen molar-refractivity contribution < 1.29 is 24.3 Å². The first kappa shape index (κ1) is 35.6. The molecule has 12 nitrogen and oxygen atoms in total. The molecule has 46 heavy (non-hydrogen) atoms. The lowest BCUT2D eigenvalue weighted by Gasteiger charge is -2.35. The largest absolute Gasteiger partial charge is 0.506 e. The van der Waals surface area contributed by atoms with Crippen molar-refractivity contribution in [3.8, 4) is 5.75 Å². The molecule has 2 aromatic rings. The molecule has 14 heteroatoms. The number of nitrogens with one attached hydrogen (secondary N) is 2. The minimum Gasteiger partial charge on any atom is -0.506 e. The van der Waals surface area contributed by atoms with Crippen LogP contribution in [-0.4, -0.2) is 88.5 Å². The number of pyridine rings is 1. The molecule has 7 N–H and O–H groups in total. The zero-order valence-corrected chi connectivity index (χ0v) is 29.0. The number of halogens is 2. The third-order valence-electron chi connectivity index (χ3n) is 8.86. The van der Waals surface area contributed by atoms with Crippen LogP contribution in [0, 0.1) is 5.92 Å². The summed E-state index contributed by atoms with van der Waals surface area (Å²) in [6.45, 7) is 2.29. The summed E-state index contributed by atoms with van der Waals surface area (Å²) >= 11 is 6.67. The molecule has 2 aliphatic rings. The van der Waals surface area contributed by atoms with Crippen molar-refractivity contribution in [1.29, 1.82) is 0 Å². The molecule has 5 amide bonds. The molecule has 2 saturated heterocycles. The minimum atomic E-state index is -1.02. The molecule has 0 spiro atoms. The molecule has 0 unspecified atom stereocenters. The molecule has 2 fully saturated rings. The van der Waals surface area contributed by atoms with Gasteiger partial charge in [-0.25, -0.2) is 4.79 Å². The van der Waals surface area contributed by atoms with E-state index in [1.54, 1.807) is 29.4 Å². The van der Waals surface area contributed by atoms with E-state index in [0.717, 1.165) is 12.8 Å². The highest BCUT2D eigenvalue weighted by Crippen LogP contribution is 2.34. The molecule has 1 aromatic heterocycles. The van der Waals surface area contributed by atoms with Gasteiger partial charge in [0.15, 0.2) is 0 Å². The van der Waals surface area contributed by atoms with Crippen molar-refractivity contribution in [2.75, 3.05) is 32.7 Å². The van der Waals surface area contributed by atoms with Gasteiger partial charge < -0.3 is 37.0 Å². The number of likely N-dealkylation sites (tertiary alicyclic amines) is 2. The molecular weight excluding hydrogens is 722 g/mol. The van der Waals surface area contributed by atoms with E-state index in [1.807, 2.05) is 17.0 Å². The Morgan fingerprint density at radius 2 is 1.52 bits per heavy atom. The summed E-state index contributed by atoms with van der Waals surface area (Å²) in [6.07, 6.45) is 7.99. The number of piperidine rings is 2. The predicted octanol–water partition coefficient (Wildman–Crippen LogP) is 3.15. The fourth-order valence-electron chi connectivity index (χ4n) is 6.10. The lowest BCUT2D eigenvalue weighted by Crippen LogP contribution is -2.57. The summed E-state index contributed by atoms with van der Waals surface area (Å²) in [5.74, 6) is -0.943. The van der Waals surface area contributed by atoms with E-state index in [0.29, 0.717) is 85.3 Å². The first-order valence-corrected chi connectivity index (χ1v) is 17.4. The van der Waals surface area contributed by atoms with Crippen molar-refractivity contribution in [2.45, 2.75) is 69.4 Å². The topological polar surface area (TPSA) is 184 Å². The second-order valence-corrected chi connectivity index (χ2v) is 13.7. The molecular formula is C32H43Br2N7O5. The molecule has 250 valence electrons. The molecule has 0 bridgehead atoms. The van der Waals surface area contributed by atoms with Crippen LogP contribution in [0.4, 0.5) is 4.79 Å². The van der Waals surface area contributed by atoms with Crippen LogP contribution in [-0.2, 0) is 20.8 Å². The van der Waals surface area contributed by atoms with Gasteiger partial charge in [-0.3, -0.25) is 19.4 Å². The first-order valence-electron chi connectivity index (χ1n) is 15.8. The molecule has 2 atom stereocenters. The van der Waals surface area contributed by atoms with Gasteiger partial charge in [0.05, 0.1) is 8.95 Å². The first-order chi connectivity index (χ1) is 22.1. The lowest BCUT2D eigenvalue weighted by atomic mass is 9.89. The van der Waals surface area contributed by atoms with Crippen LogP contribution in [0.5, 0.6) is 5.75 Å². The summed E-state index contributed by atoms with van der Waals surface area (Å²) in [7, 11) is 0. The average molecular weight is 766 g/mol. The number of rotatable bonds is 12. The maximum Gasteiger partial charge on any atom is 0.318 e. The summed E-state index contributed by atoms with van der Waals surface area (Å²) in [4.78, 5) is 60.2. The lowest BCUT2D eigenvalue weighted by molar-refractivity contribution is -0.138. The zero-order valence-electron chi connectivity index (χ0n) is 25.8. The average Bonchev–Trinajstić information content (AvgIpc) is 3.06.